The Hall–Kier alpha value is -7.30. The molecule has 0 aliphatic carbocycles. The molecule has 0 saturated heterocycles. The van der Waals surface area contributed by atoms with E-state index in [9.17, 15) is 0 Å². The Bertz CT molecular complexity index is 3510. The van der Waals surface area contributed by atoms with Crippen LogP contribution in [0, 0.1) is 0 Å². The molecule has 1 radical (unpaired) electrons. The average molecular weight is 768 g/mol. The fourth-order valence-electron chi connectivity index (χ4n) is 9.69. The molecule has 3 nitrogen and oxygen atoms in total. The molecule has 12 rings (SSSR count). The average Bonchev–Trinajstić information content (AvgIpc) is 3.83. The van der Waals surface area contributed by atoms with E-state index in [0.717, 1.165) is 50.0 Å². The molecule has 0 fully saturated rings. The normalized spacial score (nSPS) is 12.4. The van der Waals surface area contributed by atoms with Crippen LogP contribution in [0.4, 0.5) is 11.4 Å². The van der Waals surface area contributed by atoms with Gasteiger partial charge in [0, 0.05) is 49.7 Å². The van der Waals surface area contributed by atoms with Crippen molar-refractivity contribution in [3.8, 4) is 39.1 Å². The molecule has 0 bridgehead atoms. The van der Waals surface area contributed by atoms with Crippen molar-refractivity contribution < 1.29 is 4.42 Å². The lowest BCUT2D eigenvalue weighted by Crippen LogP contribution is -2.37. The first kappa shape index (κ1) is 34.7. The van der Waals surface area contributed by atoms with Gasteiger partial charge in [-0.3, -0.25) is 0 Å². The summed E-state index contributed by atoms with van der Waals surface area (Å²) in [6.45, 7) is 6.78. The van der Waals surface area contributed by atoms with Crippen molar-refractivity contribution in [1.82, 2.24) is 4.57 Å². The van der Waals surface area contributed by atoms with E-state index in [4.69, 9.17) is 4.42 Å². The Labute approximate surface area is 349 Å². The van der Waals surface area contributed by atoms with Crippen LogP contribution in [0.15, 0.2) is 186 Å². The summed E-state index contributed by atoms with van der Waals surface area (Å²) >= 11 is 0. The molecule has 2 aromatic heterocycles. The molecule has 1 N–H and O–H groups in total. The minimum atomic E-state index is 0.0742. The number of nitrogens with zero attached hydrogens (tertiary/aromatic N) is 1. The van der Waals surface area contributed by atoms with Gasteiger partial charge in [-0.2, -0.15) is 0 Å². The number of para-hydroxylation sites is 2. The molecule has 0 amide bonds. The van der Waals surface area contributed by atoms with Crippen molar-refractivity contribution in [3.05, 3.63) is 188 Å². The maximum atomic E-state index is 6.53. The summed E-state index contributed by atoms with van der Waals surface area (Å²) in [6, 6.07) is 66.3. The van der Waals surface area contributed by atoms with E-state index in [1.54, 1.807) is 0 Å². The van der Waals surface area contributed by atoms with Crippen LogP contribution in [0.2, 0.25) is 0 Å². The zero-order valence-corrected chi connectivity index (χ0v) is 33.8. The van der Waals surface area contributed by atoms with Crippen LogP contribution in [0.3, 0.4) is 0 Å². The van der Waals surface area contributed by atoms with Crippen LogP contribution in [0.1, 0.15) is 26.3 Å². The van der Waals surface area contributed by atoms with Crippen LogP contribution < -0.4 is 16.2 Å². The maximum absolute atomic E-state index is 6.53. The summed E-state index contributed by atoms with van der Waals surface area (Å²) in [6.07, 6.45) is 0. The summed E-state index contributed by atoms with van der Waals surface area (Å²) in [5.41, 5.74) is 18.3. The number of benzene rings is 9. The fraction of sp³-hybridized carbons (Fsp3) is 0.0714. The number of hydrogen-bond acceptors (Lipinski definition) is 2. The quantitative estimate of drug-likeness (QED) is 0.177. The Morgan fingerprint density at radius 1 is 0.517 bits per heavy atom. The molecule has 0 unspecified atom stereocenters. The lowest BCUT2D eigenvalue weighted by molar-refractivity contribution is 0.590. The van der Waals surface area contributed by atoms with Crippen LogP contribution in [0.25, 0.3) is 93.6 Å². The smallest absolute Gasteiger partial charge is 0.198 e. The first-order valence-corrected chi connectivity index (χ1v) is 20.8. The SMILES string of the molecule is CC(C)(C)c1ccc(Nc2ccccc2-c2cc(-c3ccccc3-c3ccccc3)c3c4c5ccccc5ccc4n4c3c2[B]c2cc3oc5ccccc5c3cc2-4)cc1. The molecular formula is C56H40BN2O. The standard InChI is InChI=1S/C56H40BN2O/c1-56(2,3)36-26-28-37(29-27-36)58-47-23-13-11-21-41(47)45-31-44(40-20-10-9-18-38(40)34-15-5-4-6-16-34)53-52-39-19-8-7-17-35(39)25-30-48(52)59-49-32-43-42-22-12-14-24-50(42)60-51(43)33-46(49)57-54(45)55(53)59/h4-33,58H,1-3H3. The Morgan fingerprint density at radius 3 is 2.03 bits per heavy atom. The summed E-state index contributed by atoms with van der Waals surface area (Å²) in [4.78, 5) is 0. The third-order valence-corrected chi connectivity index (χ3v) is 12.6. The first-order chi connectivity index (χ1) is 29.4. The highest BCUT2D eigenvalue weighted by Gasteiger charge is 2.31. The summed E-state index contributed by atoms with van der Waals surface area (Å²) < 4.78 is 9.07. The lowest BCUT2D eigenvalue weighted by Gasteiger charge is -2.25. The second-order valence-corrected chi connectivity index (χ2v) is 17.2. The van der Waals surface area contributed by atoms with Crippen molar-refractivity contribution in [3.63, 3.8) is 0 Å². The van der Waals surface area contributed by atoms with Gasteiger partial charge in [0.05, 0.1) is 5.52 Å². The van der Waals surface area contributed by atoms with Crippen LogP contribution in [0.5, 0.6) is 0 Å². The molecule has 0 atom stereocenters. The van der Waals surface area contributed by atoms with Crippen molar-refractivity contribution in [1.29, 1.82) is 0 Å². The number of aromatic nitrogens is 1. The van der Waals surface area contributed by atoms with Crippen molar-refractivity contribution >= 4 is 84.1 Å². The van der Waals surface area contributed by atoms with E-state index >= 15 is 0 Å². The number of fused-ring (bicyclic) bond motifs is 10. The molecule has 0 spiro atoms. The number of anilines is 2. The van der Waals surface area contributed by atoms with E-state index in [1.165, 1.54) is 71.4 Å². The second kappa shape index (κ2) is 13.1. The van der Waals surface area contributed by atoms with Crippen LogP contribution >= 0.6 is 0 Å². The highest BCUT2D eigenvalue weighted by Crippen LogP contribution is 2.47. The van der Waals surface area contributed by atoms with Gasteiger partial charge in [0.1, 0.15) is 11.2 Å². The van der Waals surface area contributed by atoms with E-state index in [0.29, 0.717) is 0 Å². The van der Waals surface area contributed by atoms with Crippen molar-refractivity contribution in [2.45, 2.75) is 26.2 Å². The second-order valence-electron chi connectivity index (χ2n) is 17.2. The molecule has 283 valence electrons. The summed E-state index contributed by atoms with van der Waals surface area (Å²) in [7, 11) is 2.41. The van der Waals surface area contributed by atoms with Gasteiger partial charge in [-0.05, 0) is 104 Å². The zero-order chi connectivity index (χ0) is 40.1. The Morgan fingerprint density at radius 2 is 1.22 bits per heavy atom. The molecule has 1 aliphatic rings. The van der Waals surface area contributed by atoms with Gasteiger partial charge in [0.2, 0.25) is 0 Å². The molecule has 0 saturated carbocycles. The monoisotopic (exact) mass is 767 g/mol. The van der Waals surface area contributed by atoms with Gasteiger partial charge >= 0.3 is 0 Å². The van der Waals surface area contributed by atoms with Gasteiger partial charge < -0.3 is 14.3 Å². The largest absolute Gasteiger partial charge is 0.456 e. The van der Waals surface area contributed by atoms with Gasteiger partial charge in [-0.1, -0.05) is 160 Å². The molecule has 3 heterocycles. The number of hydrogen-bond donors (Lipinski definition) is 1. The molecule has 9 aromatic carbocycles. The Balaban J connectivity index is 1.22. The van der Waals surface area contributed by atoms with Gasteiger partial charge in [0.25, 0.3) is 0 Å². The summed E-state index contributed by atoms with van der Waals surface area (Å²) in [5.74, 6) is 0. The number of furan rings is 1. The van der Waals surface area contributed by atoms with Gasteiger partial charge in [-0.25, -0.2) is 0 Å². The minimum absolute atomic E-state index is 0.0742. The highest BCUT2D eigenvalue weighted by atomic mass is 16.3. The lowest BCUT2D eigenvalue weighted by atomic mass is 9.58. The molecule has 1 aliphatic heterocycles. The van der Waals surface area contributed by atoms with Gasteiger partial charge in [-0.15, -0.1) is 0 Å². The molecule has 4 heteroatoms. The van der Waals surface area contributed by atoms with Crippen molar-refractivity contribution in [2.24, 2.45) is 0 Å². The van der Waals surface area contributed by atoms with E-state index in [1.807, 2.05) is 6.07 Å². The predicted molar refractivity (Wildman–Crippen MR) is 255 cm³/mol. The maximum Gasteiger partial charge on any atom is 0.198 e. The first-order valence-electron chi connectivity index (χ1n) is 20.8. The molecular weight excluding hydrogens is 727 g/mol. The third kappa shape index (κ3) is 5.30. The summed E-state index contributed by atoms with van der Waals surface area (Å²) in [5, 5.41) is 11.1. The van der Waals surface area contributed by atoms with Crippen molar-refractivity contribution in [2.75, 3.05) is 5.32 Å². The third-order valence-electron chi connectivity index (χ3n) is 12.6. The zero-order valence-electron chi connectivity index (χ0n) is 33.8. The van der Waals surface area contributed by atoms with E-state index < -0.39 is 0 Å². The minimum Gasteiger partial charge on any atom is -0.456 e. The number of nitrogens with one attached hydrogen (secondary N) is 1. The Kier molecular flexibility index (Phi) is 7.58. The van der Waals surface area contributed by atoms with Crippen LogP contribution in [-0.2, 0) is 5.41 Å². The number of rotatable bonds is 5. The topological polar surface area (TPSA) is 30.1 Å². The van der Waals surface area contributed by atoms with E-state index in [-0.39, 0.29) is 5.41 Å². The molecule has 11 aromatic rings. The molecule has 60 heavy (non-hydrogen) atoms. The highest BCUT2D eigenvalue weighted by molar-refractivity contribution is 6.74. The van der Waals surface area contributed by atoms with Gasteiger partial charge in [0.15, 0.2) is 7.28 Å². The fourth-order valence-corrected chi connectivity index (χ4v) is 9.69. The predicted octanol–water partition coefficient (Wildman–Crippen LogP) is 13.8. The van der Waals surface area contributed by atoms with Crippen LogP contribution in [-0.4, -0.2) is 11.8 Å². The van der Waals surface area contributed by atoms with E-state index in [2.05, 4.69) is 214 Å².